The average molecular weight is 281 g/mol. The van der Waals surface area contributed by atoms with Crippen LogP contribution >= 0.6 is 23.2 Å². The summed E-state index contributed by atoms with van der Waals surface area (Å²) in [4.78, 5) is 4.34. The summed E-state index contributed by atoms with van der Waals surface area (Å²) in [5.41, 5.74) is 7.81. The van der Waals surface area contributed by atoms with Crippen LogP contribution in [0.3, 0.4) is 0 Å². The molecule has 0 bridgehead atoms. The van der Waals surface area contributed by atoms with E-state index in [1.54, 1.807) is 12.3 Å². The third kappa shape index (κ3) is 3.02. The summed E-state index contributed by atoms with van der Waals surface area (Å²) in [7, 11) is 0. The second kappa shape index (κ2) is 6.19. The van der Waals surface area contributed by atoms with E-state index in [0.29, 0.717) is 16.6 Å². The van der Waals surface area contributed by atoms with E-state index in [4.69, 9.17) is 28.9 Å². The van der Waals surface area contributed by atoms with Gasteiger partial charge in [-0.1, -0.05) is 41.4 Å². The number of nitrogens with zero attached hydrogens (tertiary/aromatic N) is 1. The van der Waals surface area contributed by atoms with Crippen molar-refractivity contribution in [1.82, 2.24) is 4.98 Å². The second-order valence-corrected chi connectivity index (χ2v) is 4.89. The lowest BCUT2D eigenvalue weighted by Gasteiger charge is -2.15. The van der Waals surface area contributed by atoms with E-state index in [1.165, 1.54) is 0 Å². The van der Waals surface area contributed by atoms with Crippen LogP contribution in [0.1, 0.15) is 17.2 Å². The molecule has 18 heavy (non-hydrogen) atoms. The van der Waals surface area contributed by atoms with Gasteiger partial charge >= 0.3 is 0 Å². The Kier molecular flexibility index (Phi) is 4.59. The van der Waals surface area contributed by atoms with Crippen molar-refractivity contribution in [3.05, 3.63) is 63.9 Å². The van der Waals surface area contributed by atoms with Crippen molar-refractivity contribution in [2.24, 2.45) is 5.73 Å². The van der Waals surface area contributed by atoms with Crippen molar-refractivity contribution in [1.29, 1.82) is 0 Å². The summed E-state index contributed by atoms with van der Waals surface area (Å²) in [6.45, 7) is 0.528. The standard InChI is InChI=1S/C14H14Cl2N2/c15-12-5-3-4-10(14(12)16)8-11(9-17)13-6-1-2-7-18-13/h1-7,11H,8-9,17H2. The predicted molar refractivity (Wildman–Crippen MR) is 76.2 cm³/mol. The maximum absolute atomic E-state index is 6.19. The Bertz CT molecular complexity index is 514. The Morgan fingerprint density at radius 2 is 1.94 bits per heavy atom. The quantitative estimate of drug-likeness (QED) is 0.928. The van der Waals surface area contributed by atoms with E-state index < -0.39 is 0 Å². The van der Waals surface area contributed by atoms with Crippen molar-refractivity contribution < 1.29 is 0 Å². The van der Waals surface area contributed by atoms with E-state index in [1.807, 2.05) is 30.3 Å². The van der Waals surface area contributed by atoms with Gasteiger partial charge in [-0.15, -0.1) is 0 Å². The van der Waals surface area contributed by atoms with Crippen molar-refractivity contribution >= 4 is 23.2 Å². The molecule has 94 valence electrons. The zero-order chi connectivity index (χ0) is 13.0. The van der Waals surface area contributed by atoms with E-state index in [-0.39, 0.29) is 5.92 Å². The van der Waals surface area contributed by atoms with Crippen molar-refractivity contribution in [2.45, 2.75) is 12.3 Å². The summed E-state index contributed by atoms with van der Waals surface area (Å²) in [5.74, 6) is 0.155. The van der Waals surface area contributed by atoms with Gasteiger partial charge in [0.2, 0.25) is 0 Å². The highest BCUT2D eigenvalue weighted by molar-refractivity contribution is 6.42. The smallest absolute Gasteiger partial charge is 0.0624 e. The largest absolute Gasteiger partial charge is 0.330 e. The number of hydrogen-bond donors (Lipinski definition) is 1. The molecule has 0 fully saturated rings. The molecule has 0 aliphatic heterocycles. The van der Waals surface area contributed by atoms with Crippen molar-refractivity contribution in [2.75, 3.05) is 6.54 Å². The lowest BCUT2D eigenvalue weighted by Crippen LogP contribution is -2.16. The van der Waals surface area contributed by atoms with Gasteiger partial charge in [0.1, 0.15) is 0 Å². The summed E-state index contributed by atoms with van der Waals surface area (Å²) >= 11 is 12.2. The van der Waals surface area contributed by atoms with E-state index in [2.05, 4.69) is 4.98 Å². The molecule has 0 saturated carbocycles. The normalized spacial score (nSPS) is 12.4. The fourth-order valence-electron chi connectivity index (χ4n) is 1.90. The van der Waals surface area contributed by atoms with Gasteiger partial charge in [-0.25, -0.2) is 0 Å². The van der Waals surface area contributed by atoms with Gasteiger partial charge in [-0.05, 0) is 30.2 Å². The molecule has 1 unspecified atom stereocenters. The van der Waals surface area contributed by atoms with Crippen LogP contribution in [-0.4, -0.2) is 11.5 Å². The number of rotatable bonds is 4. The summed E-state index contributed by atoms with van der Waals surface area (Å²) in [6, 6.07) is 11.5. The molecule has 0 amide bonds. The predicted octanol–water partition coefficient (Wildman–Crippen LogP) is 3.67. The topological polar surface area (TPSA) is 38.9 Å². The molecule has 4 heteroatoms. The Labute approximate surface area is 117 Å². The van der Waals surface area contributed by atoms with Crippen LogP contribution in [0, 0.1) is 0 Å². The number of nitrogens with two attached hydrogens (primary N) is 1. The molecule has 2 rings (SSSR count). The lowest BCUT2D eigenvalue weighted by atomic mass is 9.96. The third-order valence-electron chi connectivity index (χ3n) is 2.89. The van der Waals surface area contributed by atoms with Gasteiger partial charge < -0.3 is 5.73 Å². The number of hydrogen-bond acceptors (Lipinski definition) is 2. The minimum absolute atomic E-state index is 0.155. The van der Waals surface area contributed by atoms with E-state index in [9.17, 15) is 0 Å². The van der Waals surface area contributed by atoms with Crippen LogP contribution < -0.4 is 5.73 Å². The van der Waals surface area contributed by atoms with Crippen LogP contribution in [0.25, 0.3) is 0 Å². The Balaban J connectivity index is 2.24. The molecule has 2 aromatic rings. The van der Waals surface area contributed by atoms with E-state index in [0.717, 1.165) is 17.7 Å². The molecule has 0 spiro atoms. The number of pyridine rings is 1. The number of benzene rings is 1. The molecule has 1 heterocycles. The fourth-order valence-corrected chi connectivity index (χ4v) is 2.29. The van der Waals surface area contributed by atoms with Crippen LogP contribution in [0.2, 0.25) is 10.0 Å². The highest BCUT2D eigenvalue weighted by Gasteiger charge is 2.14. The molecule has 1 atom stereocenters. The minimum atomic E-state index is 0.155. The molecule has 0 aliphatic carbocycles. The van der Waals surface area contributed by atoms with Crippen LogP contribution in [0.4, 0.5) is 0 Å². The first-order chi connectivity index (χ1) is 8.72. The maximum Gasteiger partial charge on any atom is 0.0624 e. The average Bonchev–Trinajstić information content (AvgIpc) is 2.41. The van der Waals surface area contributed by atoms with Crippen LogP contribution in [-0.2, 0) is 6.42 Å². The van der Waals surface area contributed by atoms with Gasteiger partial charge in [0.25, 0.3) is 0 Å². The Morgan fingerprint density at radius 1 is 1.11 bits per heavy atom. The maximum atomic E-state index is 6.19. The van der Waals surface area contributed by atoms with Gasteiger partial charge in [0, 0.05) is 24.4 Å². The SMILES string of the molecule is NCC(Cc1cccc(Cl)c1Cl)c1ccccn1. The molecule has 2 N–H and O–H groups in total. The minimum Gasteiger partial charge on any atom is -0.330 e. The van der Waals surface area contributed by atoms with E-state index >= 15 is 0 Å². The number of aromatic nitrogens is 1. The molecule has 0 radical (unpaired) electrons. The fraction of sp³-hybridized carbons (Fsp3) is 0.214. The summed E-state index contributed by atoms with van der Waals surface area (Å²) < 4.78 is 0. The van der Waals surface area contributed by atoms with Gasteiger partial charge in [0.15, 0.2) is 0 Å². The van der Waals surface area contributed by atoms with Crippen molar-refractivity contribution in [3.8, 4) is 0 Å². The number of halogens is 2. The van der Waals surface area contributed by atoms with Crippen molar-refractivity contribution in [3.63, 3.8) is 0 Å². The zero-order valence-electron chi connectivity index (χ0n) is 9.81. The Morgan fingerprint density at radius 3 is 2.61 bits per heavy atom. The van der Waals surface area contributed by atoms with Crippen LogP contribution in [0.15, 0.2) is 42.6 Å². The first-order valence-corrected chi connectivity index (χ1v) is 6.52. The van der Waals surface area contributed by atoms with Gasteiger partial charge in [-0.3, -0.25) is 4.98 Å². The third-order valence-corrected chi connectivity index (χ3v) is 3.75. The Hall–Kier alpha value is -1.09. The molecular formula is C14H14Cl2N2. The lowest BCUT2D eigenvalue weighted by molar-refractivity contribution is 0.673. The highest BCUT2D eigenvalue weighted by atomic mass is 35.5. The summed E-state index contributed by atoms with van der Waals surface area (Å²) in [5, 5.41) is 1.18. The van der Waals surface area contributed by atoms with Gasteiger partial charge in [0.05, 0.1) is 10.0 Å². The zero-order valence-corrected chi connectivity index (χ0v) is 11.3. The molecular weight excluding hydrogens is 267 g/mol. The molecule has 1 aromatic carbocycles. The summed E-state index contributed by atoms with van der Waals surface area (Å²) in [6.07, 6.45) is 2.52. The highest BCUT2D eigenvalue weighted by Crippen LogP contribution is 2.29. The molecule has 0 saturated heterocycles. The molecule has 2 nitrogen and oxygen atoms in total. The van der Waals surface area contributed by atoms with Crippen LogP contribution in [0.5, 0.6) is 0 Å². The monoisotopic (exact) mass is 280 g/mol. The first kappa shape index (κ1) is 13.3. The molecule has 0 aliphatic rings. The second-order valence-electron chi connectivity index (χ2n) is 4.10. The van der Waals surface area contributed by atoms with Gasteiger partial charge in [-0.2, -0.15) is 0 Å². The first-order valence-electron chi connectivity index (χ1n) is 5.76. The molecule has 1 aromatic heterocycles.